The van der Waals surface area contributed by atoms with Gasteiger partial charge in [-0.15, -0.1) is 0 Å². The van der Waals surface area contributed by atoms with Crippen molar-refractivity contribution in [1.29, 1.82) is 0 Å². The van der Waals surface area contributed by atoms with Crippen molar-refractivity contribution in [2.45, 2.75) is 6.92 Å². The monoisotopic (exact) mass is 176 g/mol. The van der Waals surface area contributed by atoms with Gasteiger partial charge in [-0.3, -0.25) is 0 Å². The van der Waals surface area contributed by atoms with Crippen molar-refractivity contribution in [2.75, 3.05) is 7.11 Å². The number of methoxy groups -OCH3 is 1. The molecule has 0 amide bonds. The van der Waals surface area contributed by atoms with Gasteiger partial charge in [0.2, 0.25) is 0 Å². The SMILES string of the molecule is COC(=O)C#Cc1cnc(C)nc1. The van der Waals surface area contributed by atoms with Crippen molar-refractivity contribution < 1.29 is 9.53 Å². The Morgan fingerprint density at radius 3 is 2.62 bits per heavy atom. The fourth-order valence-corrected chi connectivity index (χ4v) is 0.631. The Hall–Kier alpha value is -1.89. The van der Waals surface area contributed by atoms with E-state index in [0.29, 0.717) is 11.4 Å². The zero-order valence-corrected chi connectivity index (χ0v) is 7.37. The molecule has 0 atom stereocenters. The third-order valence-electron chi connectivity index (χ3n) is 1.28. The Bertz CT molecular complexity index is 359. The predicted octanol–water partition coefficient (Wildman–Crippen LogP) is 0.310. The van der Waals surface area contributed by atoms with Gasteiger partial charge in [-0.05, 0) is 6.92 Å². The fraction of sp³-hybridized carbons (Fsp3) is 0.222. The van der Waals surface area contributed by atoms with E-state index >= 15 is 0 Å². The summed E-state index contributed by atoms with van der Waals surface area (Å²) in [5.41, 5.74) is 0.594. The van der Waals surface area contributed by atoms with Crippen LogP contribution in [0.4, 0.5) is 0 Å². The van der Waals surface area contributed by atoms with E-state index in [1.165, 1.54) is 7.11 Å². The third-order valence-corrected chi connectivity index (χ3v) is 1.28. The molecular weight excluding hydrogens is 168 g/mol. The normalized spacial score (nSPS) is 8.46. The molecule has 0 saturated heterocycles. The molecule has 0 unspecified atom stereocenters. The van der Waals surface area contributed by atoms with Crippen molar-refractivity contribution in [3.05, 3.63) is 23.8 Å². The molecule has 0 radical (unpaired) electrons. The lowest BCUT2D eigenvalue weighted by molar-refractivity contribution is -0.133. The van der Waals surface area contributed by atoms with Gasteiger partial charge in [-0.25, -0.2) is 14.8 Å². The maximum Gasteiger partial charge on any atom is 0.384 e. The molecule has 1 rings (SSSR count). The maximum atomic E-state index is 10.6. The Morgan fingerprint density at radius 1 is 1.46 bits per heavy atom. The molecular formula is C9H8N2O2. The number of carbonyl (C=O) groups excluding carboxylic acids is 1. The molecule has 0 spiro atoms. The van der Waals surface area contributed by atoms with Gasteiger partial charge < -0.3 is 4.74 Å². The molecule has 0 bridgehead atoms. The van der Waals surface area contributed by atoms with Crippen LogP contribution in [0.3, 0.4) is 0 Å². The van der Waals surface area contributed by atoms with Gasteiger partial charge in [-0.2, -0.15) is 0 Å². The van der Waals surface area contributed by atoms with Crippen molar-refractivity contribution in [3.63, 3.8) is 0 Å². The van der Waals surface area contributed by atoms with Gasteiger partial charge in [0, 0.05) is 18.3 Å². The maximum absolute atomic E-state index is 10.6. The lowest BCUT2D eigenvalue weighted by Crippen LogP contribution is -1.95. The van der Waals surface area contributed by atoms with Crippen molar-refractivity contribution in [3.8, 4) is 11.8 Å². The fourth-order valence-electron chi connectivity index (χ4n) is 0.631. The van der Waals surface area contributed by atoms with Crippen LogP contribution in [0.1, 0.15) is 11.4 Å². The van der Waals surface area contributed by atoms with Crippen LogP contribution >= 0.6 is 0 Å². The predicted molar refractivity (Wildman–Crippen MR) is 45.7 cm³/mol. The Balaban J connectivity index is 2.78. The number of aryl methyl sites for hydroxylation is 1. The molecule has 13 heavy (non-hydrogen) atoms. The second-order valence-corrected chi connectivity index (χ2v) is 2.26. The van der Waals surface area contributed by atoms with E-state index in [0.717, 1.165) is 0 Å². The second kappa shape index (κ2) is 4.21. The molecule has 0 aromatic carbocycles. The van der Waals surface area contributed by atoms with Crippen molar-refractivity contribution >= 4 is 5.97 Å². The van der Waals surface area contributed by atoms with E-state index in [4.69, 9.17) is 0 Å². The van der Waals surface area contributed by atoms with Gasteiger partial charge in [-0.1, -0.05) is 5.92 Å². The number of ether oxygens (including phenoxy) is 1. The summed E-state index contributed by atoms with van der Waals surface area (Å²) < 4.78 is 4.34. The van der Waals surface area contributed by atoms with Gasteiger partial charge in [0.25, 0.3) is 0 Å². The number of rotatable bonds is 0. The van der Waals surface area contributed by atoms with Crippen LogP contribution in [-0.4, -0.2) is 23.0 Å². The smallest absolute Gasteiger partial charge is 0.384 e. The molecule has 0 saturated carbocycles. The van der Waals surface area contributed by atoms with Gasteiger partial charge in [0.05, 0.1) is 12.7 Å². The summed E-state index contributed by atoms with van der Waals surface area (Å²) in [6, 6.07) is 0. The molecule has 4 heteroatoms. The van der Waals surface area contributed by atoms with Gasteiger partial charge in [0.15, 0.2) is 0 Å². The highest BCUT2D eigenvalue weighted by Crippen LogP contribution is 1.91. The van der Waals surface area contributed by atoms with Crippen LogP contribution in [0.25, 0.3) is 0 Å². The number of hydrogen-bond acceptors (Lipinski definition) is 4. The quantitative estimate of drug-likeness (QED) is 0.421. The molecule has 4 nitrogen and oxygen atoms in total. The molecule has 0 aliphatic carbocycles. The zero-order chi connectivity index (χ0) is 9.68. The summed E-state index contributed by atoms with van der Waals surface area (Å²) in [6.07, 6.45) is 3.11. The summed E-state index contributed by atoms with van der Waals surface area (Å²) in [5.74, 6) is 4.95. The molecule has 0 aliphatic heterocycles. The molecule has 0 aliphatic rings. The lowest BCUT2D eigenvalue weighted by Gasteiger charge is -1.89. The van der Waals surface area contributed by atoms with Crippen molar-refractivity contribution in [1.82, 2.24) is 9.97 Å². The number of nitrogens with zero attached hydrogens (tertiary/aromatic N) is 2. The highest BCUT2D eigenvalue weighted by Gasteiger charge is 1.91. The molecule has 0 N–H and O–H groups in total. The summed E-state index contributed by atoms with van der Waals surface area (Å²) in [6.45, 7) is 1.78. The van der Waals surface area contributed by atoms with Gasteiger partial charge in [0.1, 0.15) is 5.82 Å². The van der Waals surface area contributed by atoms with E-state index in [9.17, 15) is 4.79 Å². The number of aromatic nitrogens is 2. The van der Waals surface area contributed by atoms with E-state index in [2.05, 4.69) is 26.5 Å². The third kappa shape index (κ3) is 2.91. The minimum absolute atomic E-state index is 0.569. The largest absolute Gasteiger partial charge is 0.459 e. The average Bonchev–Trinajstić information content (AvgIpc) is 2.16. The average molecular weight is 176 g/mol. The first-order chi connectivity index (χ1) is 6.22. The molecule has 1 aromatic rings. The highest BCUT2D eigenvalue weighted by atomic mass is 16.5. The number of esters is 1. The van der Waals surface area contributed by atoms with E-state index in [-0.39, 0.29) is 0 Å². The standard InChI is InChI=1S/C9H8N2O2/c1-7-10-5-8(6-11-7)3-4-9(12)13-2/h5-6H,1-2H3. The molecule has 1 heterocycles. The van der Waals surface area contributed by atoms with Crippen molar-refractivity contribution in [2.24, 2.45) is 0 Å². The first kappa shape index (κ1) is 9.20. The minimum atomic E-state index is -0.569. The van der Waals surface area contributed by atoms with Crippen LogP contribution in [0, 0.1) is 18.8 Å². The van der Waals surface area contributed by atoms with Crippen LogP contribution < -0.4 is 0 Å². The van der Waals surface area contributed by atoms with Crippen LogP contribution in [0.5, 0.6) is 0 Å². The molecule has 66 valence electrons. The topological polar surface area (TPSA) is 52.1 Å². The lowest BCUT2D eigenvalue weighted by atomic mass is 10.3. The molecule has 0 fully saturated rings. The first-order valence-electron chi connectivity index (χ1n) is 3.61. The Labute approximate surface area is 76.0 Å². The van der Waals surface area contributed by atoms with Crippen LogP contribution in [0.2, 0.25) is 0 Å². The van der Waals surface area contributed by atoms with E-state index in [1.807, 2.05) is 0 Å². The number of carbonyl (C=O) groups is 1. The zero-order valence-electron chi connectivity index (χ0n) is 7.37. The molecule has 1 aromatic heterocycles. The van der Waals surface area contributed by atoms with Crippen LogP contribution in [0.15, 0.2) is 12.4 Å². The summed E-state index contributed by atoms with van der Waals surface area (Å²) >= 11 is 0. The Morgan fingerprint density at radius 2 is 2.08 bits per heavy atom. The number of hydrogen-bond donors (Lipinski definition) is 0. The summed E-state index contributed by atoms with van der Waals surface area (Å²) in [5, 5.41) is 0. The van der Waals surface area contributed by atoms with Crippen LogP contribution in [-0.2, 0) is 9.53 Å². The van der Waals surface area contributed by atoms with Gasteiger partial charge >= 0.3 is 5.97 Å². The minimum Gasteiger partial charge on any atom is -0.459 e. The van der Waals surface area contributed by atoms with E-state index < -0.39 is 5.97 Å². The second-order valence-electron chi connectivity index (χ2n) is 2.26. The first-order valence-corrected chi connectivity index (χ1v) is 3.61. The summed E-state index contributed by atoms with van der Waals surface area (Å²) in [4.78, 5) is 18.4. The van der Waals surface area contributed by atoms with E-state index in [1.54, 1.807) is 19.3 Å². The highest BCUT2D eigenvalue weighted by molar-refractivity contribution is 5.88. The Kier molecular flexibility index (Phi) is 2.98. The summed E-state index contributed by atoms with van der Waals surface area (Å²) in [7, 11) is 1.28.